The van der Waals surface area contributed by atoms with Crippen LogP contribution in [-0.2, 0) is 4.79 Å². The Kier molecular flexibility index (Phi) is 3.76. The van der Waals surface area contributed by atoms with Crippen LogP contribution in [0.25, 0.3) is 0 Å². The number of carbonyl (C=O) groups is 1. The van der Waals surface area contributed by atoms with Gasteiger partial charge in [-0.3, -0.25) is 4.79 Å². The molecule has 0 spiro atoms. The van der Waals surface area contributed by atoms with Crippen LogP contribution in [0.1, 0.15) is 58.3 Å². The Bertz CT molecular complexity index is 165. The van der Waals surface area contributed by atoms with Gasteiger partial charge in [-0.05, 0) is 24.7 Å². The summed E-state index contributed by atoms with van der Waals surface area (Å²) in [6.45, 7) is 2.19. The van der Waals surface area contributed by atoms with Crippen LogP contribution < -0.4 is 5.73 Å². The van der Waals surface area contributed by atoms with Crippen molar-refractivity contribution in [1.82, 2.24) is 0 Å². The molecule has 1 aliphatic rings. The van der Waals surface area contributed by atoms with Crippen LogP contribution in [0.2, 0.25) is 0 Å². The maximum absolute atomic E-state index is 11.0. The van der Waals surface area contributed by atoms with E-state index in [0.717, 1.165) is 0 Å². The Morgan fingerprint density at radius 1 is 1.31 bits per heavy atom. The fourth-order valence-electron chi connectivity index (χ4n) is 2.72. The van der Waals surface area contributed by atoms with Gasteiger partial charge in [-0.2, -0.15) is 0 Å². The van der Waals surface area contributed by atoms with Gasteiger partial charge in [-0.25, -0.2) is 0 Å². The molecule has 2 N–H and O–H groups in total. The van der Waals surface area contributed by atoms with Gasteiger partial charge in [0.05, 0.1) is 0 Å². The standard InChI is InChI=1S/C11H21NO/c1-2-6-11(9-10(12)13)7-4-3-5-8-11/h2-9H2,1H3,(H2,12,13). The van der Waals surface area contributed by atoms with E-state index in [0.29, 0.717) is 6.42 Å². The highest BCUT2D eigenvalue weighted by atomic mass is 16.1. The van der Waals surface area contributed by atoms with E-state index < -0.39 is 0 Å². The smallest absolute Gasteiger partial charge is 0.217 e. The zero-order chi connectivity index (χ0) is 9.73. The molecule has 0 aliphatic heterocycles. The lowest BCUT2D eigenvalue weighted by atomic mass is 9.69. The SMILES string of the molecule is CCCC1(CC(N)=O)CCCCC1. The minimum absolute atomic E-state index is 0.115. The first-order chi connectivity index (χ1) is 6.18. The molecule has 13 heavy (non-hydrogen) atoms. The van der Waals surface area contributed by atoms with Crippen LogP contribution in [0, 0.1) is 5.41 Å². The highest BCUT2D eigenvalue weighted by Gasteiger charge is 2.32. The van der Waals surface area contributed by atoms with Gasteiger partial charge in [0, 0.05) is 6.42 Å². The number of hydrogen-bond donors (Lipinski definition) is 1. The van der Waals surface area contributed by atoms with Gasteiger partial charge >= 0.3 is 0 Å². The van der Waals surface area contributed by atoms with Crippen molar-refractivity contribution < 1.29 is 4.79 Å². The Morgan fingerprint density at radius 2 is 1.92 bits per heavy atom. The van der Waals surface area contributed by atoms with Crippen molar-refractivity contribution in [2.24, 2.45) is 11.1 Å². The first-order valence-corrected chi connectivity index (χ1v) is 5.47. The van der Waals surface area contributed by atoms with E-state index in [2.05, 4.69) is 6.92 Å². The summed E-state index contributed by atoms with van der Waals surface area (Å²) in [5.41, 5.74) is 5.58. The molecule has 1 amide bonds. The van der Waals surface area contributed by atoms with Crippen LogP contribution in [0.3, 0.4) is 0 Å². The normalized spacial score (nSPS) is 21.3. The average molecular weight is 183 g/mol. The number of primary amides is 1. The average Bonchev–Trinajstić information content (AvgIpc) is 2.04. The maximum atomic E-state index is 11.0. The molecule has 0 aromatic carbocycles. The van der Waals surface area contributed by atoms with E-state index in [1.165, 1.54) is 44.9 Å². The van der Waals surface area contributed by atoms with Gasteiger partial charge in [0.2, 0.25) is 5.91 Å². The fourth-order valence-corrected chi connectivity index (χ4v) is 2.72. The maximum Gasteiger partial charge on any atom is 0.217 e. The molecule has 0 heterocycles. The van der Waals surface area contributed by atoms with Crippen molar-refractivity contribution in [3.8, 4) is 0 Å². The number of nitrogens with two attached hydrogens (primary N) is 1. The van der Waals surface area contributed by atoms with Crippen LogP contribution in [0.15, 0.2) is 0 Å². The van der Waals surface area contributed by atoms with Gasteiger partial charge in [0.25, 0.3) is 0 Å². The Balaban J connectivity index is 2.55. The van der Waals surface area contributed by atoms with Crippen LogP contribution in [0.4, 0.5) is 0 Å². The third-order valence-corrected chi connectivity index (χ3v) is 3.24. The molecule has 1 aliphatic carbocycles. The van der Waals surface area contributed by atoms with Gasteiger partial charge in [-0.1, -0.05) is 32.6 Å². The quantitative estimate of drug-likeness (QED) is 0.715. The second-order valence-corrected chi connectivity index (χ2v) is 4.45. The second-order valence-electron chi connectivity index (χ2n) is 4.45. The Labute approximate surface area is 80.9 Å². The summed E-state index contributed by atoms with van der Waals surface area (Å²) in [5, 5.41) is 0. The number of carbonyl (C=O) groups excluding carboxylic acids is 1. The molecule has 2 nitrogen and oxygen atoms in total. The first-order valence-electron chi connectivity index (χ1n) is 5.47. The molecule has 1 rings (SSSR count). The predicted octanol–water partition coefficient (Wildman–Crippen LogP) is 2.61. The van der Waals surface area contributed by atoms with Crippen molar-refractivity contribution in [1.29, 1.82) is 0 Å². The zero-order valence-corrected chi connectivity index (χ0v) is 8.64. The molecular weight excluding hydrogens is 162 g/mol. The summed E-state index contributed by atoms with van der Waals surface area (Å²) in [6.07, 6.45) is 9.29. The molecule has 0 atom stereocenters. The fraction of sp³-hybridized carbons (Fsp3) is 0.909. The summed E-state index contributed by atoms with van der Waals surface area (Å²) in [7, 11) is 0. The summed E-state index contributed by atoms with van der Waals surface area (Å²) in [4.78, 5) is 11.0. The van der Waals surface area contributed by atoms with Crippen molar-refractivity contribution in [3.63, 3.8) is 0 Å². The van der Waals surface area contributed by atoms with E-state index in [4.69, 9.17) is 5.73 Å². The lowest BCUT2D eigenvalue weighted by Crippen LogP contribution is -2.30. The number of hydrogen-bond acceptors (Lipinski definition) is 1. The number of amides is 1. The molecule has 1 saturated carbocycles. The molecule has 76 valence electrons. The summed E-state index contributed by atoms with van der Waals surface area (Å²) in [5.74, 6) is -0.115. The van der Waals surface area contributed by atoms with Crippen molar-refractivity contribution in [2.45, 2.75) is 58.3 Å². The highest BCUT2D eigenvalue weighted by molar-refractivity contribution is 5.74. The van der Waals surface area contributed by atoms with Gasteiger partial charge in [-0.15, -0.1) is 0 Å². The lowest BCUT2D eigenvalue weighted by molar-refractivity contribution is -0.121. The number of rotatable bonds is 4. The predicted molar refractivity (Wildman–Crippen MR) is 54.2 cm³/mol. The zero-order valence-electron chi connectivity index (χ0n) is 8.64. The summed E-state index contributed by atoms with van der Waals surface area (Å²) >= 11 is 0. The molecular formula is C11H21NO. The second kappa shape index (κ2) is 4.64. The highest BCUT2D eigenvalue weighted by Crippen LogP contribution is 2.42. The van der Waals surface area contributed by atoms with E-state index in [9.17, 15) is 4.79 Å². The summed E-state index contributed by atoms with van der Waals surface area (Å²) in [6, 6.07) is 0. The molecule has 1 fully saturated rings. The Morgan fingerprint density at radius 3 is 2.38 bits per heavy atom. The molecule has 0 radical (unpaired) electrons. The van der Waals surface area contributed by atoms with E-state index >= 15 is 0 Å². The molecule has 0 saturated heterocycles. The topological polar surface area (TPSA) is 43.1 Å². The van der Waals surface area contributed by atoms with E-state index in [1.807, 2.05) is 0 Å². The van der Waals surface area contributed by atoms with E-state index in [1.54, 1.807) is 0 Å². The summed E-state index contributed by atoms with van der Waals surface area (Å²) < 4.78 is 0. The van der Waals surface area contributed by atoms with Crippen LogP contribution >= 0.6 is 0 Å². The van der Waals surface area contributed by atoms with Crippen molar-refractivity contribution in [3.05, 3.63) is 0 Å². The minimum Gasteiger partial charge on any atom is -0.370 e. The van der Waals surface area contributed by atoms with Gasteiger partial charge in [0.1, 0.15) is 0 Å². The molecule has 0 aromatic heterocycles. The minimum atomic E-state index is -0.115. The Hall–Kier alpha value is -0.530. The van der Waals surface area contributed by atoms with Crippen molar-refractivity contribution >= 4 is 5.91 Å². The largest absolute Gasteiger partial charge is 0.370 e. The third kappa shape index (κ3) is 3.02. The third-order valence-electron chi connectivity index (χ3n) is 3.24. The van der Waals surface area contributed by atoms with Crippen LogP contribution in [0.5, 0.6) is 0 Å². The van der Waals surface area contributed by atoms with Gasteiger partial charge < -0.3 is 5.73 Å². The molecule has 2 heteroatoms. The molecule has 0 aromatic rings. The van der Waals surface area contributed by atoms with Crippen LogP contribution in [-0.4, -0.2) is 5.91 Å². The molecule has 0 unspecified atom stereocenters. The first kappa shape index (κ1) is 10.6. The van der Waals surface area contributed by atoms with Gasteiger partial charge in [0.15, 0.2) is 0 Å². The van der Waals surface area contributed by atoms with E-state index in [-0.39, 0.29) is 11.3 Å². The van der Waals surface area contributed by atoms with Crippen molar-refractivity contribution in [2.75, 3.05) is 0 Å². The molecule has 0 bridgehead atoms. The lowest BCUT2D eigenvalue weighted by Gasteiger charge is -2.36. The monoisotopic (exact) mass is 183 g/mol.